The second kappa shape index (κ2) is 8.52. The lowest BCUT2D eigenvalue weighted by atomic mass is 9.84. The van der Waals surface area contributed by atoms with Crippen LogP contribution in [0.15, 0.2) is 53.6 Å². The van der Waals surface area contributed by atoms with Gasteiger partial charge >= 0.3 is 0 Å². The summed E-state index contributed by atoms with van der Waals surface area (Å²) in [5.74, 6) is 0.605. The highest BCUT2D eigenvalue weighted by Gasteiger charge is 2.21. The van der Waals surface area contributed by atoms with Crippen LogP contribution in [-0.2, 0) is 21.2 Å². The fourth-order valence-electron chi connectivity index (χ4n) is 4.20. The van der Waals surface area contributed by atoms with Crippen LogP contribution in [0.25, 0.3) is 10.9 Å². The van der Waals surface area contributed by atoms with Gasteiger partial charge in [0.15, 0.2) is 0 Å². The van der Waals surface area contributed by atoms with Gasteiger partial charge in [-0.05, 0) is 60.2 Å². The summed E-state index contributed by atoms with van der Waals surface area (Å²) in [7, 11) is -2.33. The molecule has 1 saturated carbocycles. The first-order valence-electron chi connectivity index (χ1n) is 10.3. The molecule has 158 valence electrons. The Bertz CT molecular complexity index is 1140. The van der Waals surface area contributed by atoms with Gasteiger partial charge in [-0.1, -0.05) is 31.4 Å². The van der Waals surface area contributed by atoms with E-state index in [-0.39, 0.29) is 11.3 Å². The van der Waals surface area contributed by atoms with Crippen molar-refractivity contribution in [1.29, 1.82) is 0 Å². The van der Waals surface area contributed by atoms with Crippen molar-refractivity contribution in [2.75, 3.05) is 7.11 Å². The maximum Gasteiger partial charge on any atom is 0.264 e. The number of hydrogen-bond acceptors (Lipinski definition) is 4. The number of hydrogen-bond donors (Lipinski definition) is 2. The van der Waals surface area contributed by atoms with E-state index in [2.05, 4.69) is 9.71 Å². The number of fused-ring (bicyclic) bond motifs is 1. The summed E-state index contributed by atoms with van der Waals surface area (Å²) in [6, 6.07) is 12.4. The van der Waals surface area contributed by atoms with Crippen molar-refractivity contribution in [2.45, 2.75) is 49.3 Å². The standard InChI is InChI=1S/C23H26N2O4S/c1-29-19-9-12-22-21(14-19)18(15-24-22)13-23(26)25-30(27,28)20-10-7-17(8-11-20)16-5-3-2-4-6-16/h7-12,14-16,24H,2-6,13H2,1H3,(H,25,26). The normalized spacial score (nSPS) is 15.2. The number of rotatable bonds is 6. The molecule has 3 aromatic rings. The Morgan fingerprint density at radius 2 is 1.83 bits per heavy atom. The first kappa shape index (κ1) is 20.5. The number of sulfonamides is 1. The number of amides is 1. The Morgan fingerprint density at radius 1 is 1.10 bits per heavy atom. The number of H-pyrrole nitrogens is 1. The molecule has 7 heteroatoms. The van der Waals surface area contributed by atoms with Gasteiger partial charge in [0.2, 0.25) is 5.91 Å². The molecule has 0 bridgehead atoms. The fraction of sp³-hybridized carbons (Fsp3) is 0.348. The number of aromatic nitrogens is 1. The largest absolute Gasteiger partial charge is 0.497 e. The van der Waals surface area contributed by atoms with Crippen LogP contribution in [0.2, 0.25) is 0 Å². The molecule has 0 aliphatic heterocycles. The smallest absolute Gasteiger partial charge is 0.264 e. The average molecular weight is 427 g/mol. The summed E-state index contributed by atoms with van der Waals surface area (Å²) in [4.78, 5) is 15.7. The van der Waals surface area contributed by atoms with Crippen molar-refractivity contribution in [3.8, 4) is 5.75 Å². The zero-order valence-corrected chi connectivity index (χ0v) is 17.8. The molecule has 0 spiro atoms. The SMILES string of the molecule is COc1ccc2[nH]cc(CC(=O)NS(=O)(=O)c3ccc(C4CCCCC4)cc3)c2c1. The van der Waals surface area contributed by atoms with Gasteiger partial charge in [-0.2, -0.15) is 0 Å². The summed E-state index contributed by atoms with van der Waals surface area (Å²) in [6.45, 7) is 0. The highest BCUT2D eigenvalue weighted by atomic mass is 32.2. The van der Waals surface area contributed by atoms with Gasteiger partial charge in [0.05, 0.1) is 18.4 Å². The number of carbonyl (C=O) groups is 1. The van der Waals surface area contributed by atoms with Crippen LogP contribution in [0.1, 0.15) is 49.1 Å². The van der Waals surface area contributed by atoms with Gasteiger partial charge in [-0.3, -0.25) is 4.79 Å². The number of benzene rings is 2. The minimum Gasteiger partial charge on any atom is -0.497 e. The Kier molecular flexibility index (Phi) is 5.81. The molecule has 1 aromatic heterocycles. The first-order chi connectivity index (χ1) is 14.5. The molecule has 1 heterocycles. The molecule has 6 nitrogen and oxygen atoms in total. The molecule has 0 unspecified atom stereocenters. The van der Waals surface area contributed by atoms with Gasteiger partial charge < -0.3 is 9.72 Å². The summed E-state index contributed by atoms with van der Waals surface area (Å²) in [6.07, 6.45) is 7.69. The molecule has 2 N–H and O–H groups in total. The molecule has 1 aliphatic carbocycles. The topological polar surface area (TPSA) is 88.3 Å². The highest BCUT2D eigenvalue weighted by Crippen LogP contribution is 2.33. The van der Waals surface area contributed by atoms with Crippen molar-refractivity contribution in [3.05, 3.63) is 59.8 Å². The third kappa shape index (κ3) is 4.36. The summed E-state index contributed by atoms with van der Waals surface area (Å²) in [5.41, 5.74) is 2.75. The lowest BCUT2D eigenvalue weighted by Crippen LogP contribution is -2.31. The van der Waals surface area contributed by atoms with E-state index in [4.69, 9.17) is 4.74 Å². The number of nitrogens with one attached hydrogen (secondary N) is 2. The number of methoxy groups -OCH3 is 1. The van der Waals surface area contributed by atoms with E-state index in [0.717, 1.165) is 23.7 Å². The van der Waals surface area contributed by atoms with Crippen LogP contribution >= 0.6 is 0 Å². The predicted molar refractivity (Wildman–Crippen MR) is 116 cm³/mol. The molecule has 0 atom stereocenters. The van der Waals surface area contributed by atoms with Gasteiger partial charge in [-0.25, -0.2) is 13.1 Å². The molecule has 30 heavy (non-hydrogen) atoms. The zero-order valence-electron chi connectivity index (χ0n) is 17.0. The quantitative estimate of drug-likeness (QED) is 0.616. The Morgan fingerprint density at radius 3 is 2.53 bits per heavy atom. The summed E-state index contributed by atoms with van der Waals surface area (Å²) >= 11 is 0. The molecule has 1 amide bonds. The zero-order chi connectivity index (χ0) is 21.1. The van der Waals surface area contributed by atoms with Crippen LogP contribution < -0.4 is 9.46 Å². The van der Waals surface area contributed by atoms with Crippen LogP contribution in [0.4, 0.5) is 0 Å². The molecular formula is C23H26N2O4S. The fourth-order valence-corrected chi connectivity index (χ4v) is 5.19. The van der Waals surface area contributed by atoms with Crippen molar-refractivity contribution in [2.24, 2.45) is 0 Å². The van der Waals surface area contributed by atoms with E-state index >= 15 is 0 Å². The monoisotopic (exact) mass is 426 g/mol. The van der Waals surface area contributed by atoms with Crippen LogP contribution in [0.3, 0.4) is 0 Å². The van der Waals surface area contributed by atoms with Crippen molar-refractivity contribution < 1.29 is 17.9 Å². The lowest BCUT2D eigenvalue weighted by Gasteiger charge is -2.22. The minimum absolute atomic E-state index is 0.0491. The minimum atomic E-state index is -3.91. The molecule has 0 radical (unpaired) electrons. The van der Waals surface area contributed by atoms with Gasteiger partial charge in [0, 0.05) is 17.1 Å². The number of carbonyl (C=O) groups excluding carboxylic acids is 1. The van der Waals surface area contributed by atoms with E-state index in [1.807, 2.05) is 30.3 Å². The van der Waals surface area contributed by atoms with Gasteiger partial charge in [0.25, 0.3) is 10.0 Å². The van der Waals surface area contributed by atoms with E-state index < -0.39 is 15.9 Å². The van der Waals surface area contributed by atoms with E-state index in [1.165, 1.54) is 24.8 Å². The molecular weight excluding hydrogens is 400 g/mol. The molecule has 1 fully saturated rings. The van der Waals surface area contributed by atoms with Crippen molar-refractivity contribution in [1.82, 2.24) is 9.71 Å². The number of ether oxygens (including phenoxy) is 1. The number of aromatic amines is 1. The highest BCUT2D eigenvalue weighted by molar-refractivity contribution is 7.90. The average Bonchev–Trinajstić information content (AvgIpc) is 3.15. The second-order valence-electron chi connectivity index (χ2n) is 7.83. The predicted octanol–water partition coefficient (Wildman–Crippen LogP) is 4.27. The van der Waals surface area contributed by atoms with Crippen molar-refractivity contribution >= 4 is 26.8 Å². The van der Waals surface area contributed by atoms with Gasteiger partial charge in [0.1, 0.15) is 5.75 Å². The van der Waals surface area contributed by atoms with E-state index in [0.29, 0.717) is 17.2 Å². The van der Waals surface area contributed by atoms with Crippen LogP contribution in [0.5, 0.6) is 5.75 Å². The Balaban J connectivity index is 1.46. The summed E-state index contributed by atoms with van der Waals surface area (Å²) in [5, 5.41) is 0.832. The van der Waals surface area contributed by atoms with Crippen LogP contribution in [0, 0.1) is 0 Å². The maximum atomic E-state index is 12.7. The first-order valence-corrected chi connectivity index (χ1v) is 11.7. The van der Waals surface area contributed by atoms with E-state index in [9.17, 15) is 13.2 Å². The van der Waals surface area contributed by atoms with E-state index in [1.54, 1.807) is 25.4 Å². The lowest BCUT2D eigenvalue weighted by molar-refractivity contribution is -0.118. The maximum absolute atomic E-state index is 12.7. The molecule has 1 aliphatic rings. The van der Waals surface area contributed by atoms with Gasteiger partial charge in [-0.15, -0.1) is 0 Å². The molecule has 4 rings (SSSR count). The third-order valence-electron chi connectivity index (χ3n) is 5.84. The Hall–Kier alpha value is -2.80. The molecule has 2 aromatic carbocycles. The Labute approximate surface area is 176 Å². The van der Waals surface area contributed by atoms with Crippen LogP contribution in [-0.4, -0.2) is 26.4 Å². The summed E-state index contributed by atoms with van der Waals surface area (Å²) < 4.78 is 32.8. The van der Waals surface area contributed by atoms with Crippen molar-refractivity contribution in [3.63, 3.8) is 0 Å². The third-order valence-corrected chi connectivity index (χ3v) is 7.23. The second-order valence-corrected chi connectivity index (χ2v) is 9.52. The molecule has 0 saturated heterocycles.